The number of amides is 2. The number of carbonyl (C=O) groups is 2. The molecular formula is C26H28N2O5. The van der Waals surface area contributed by atoms with E-state index in [4.69, 9.17) is 14.2 Å². The summed E-state index contributed by atoms with van der Waals surface area (Å²) in [6.07, 6.45) is 0. The molecule has 7 heteroatoms. The van der Waals surface area contributed by atoms with Gasteiger partial charge in [0.2, 0.25) is 0 Å². The van der Waals surface area contributed by atoms with Gasteiger partial charge in [-0.25, -0.2) is 9.59 Å². The molecule has 2 N–H and O–H groups in total. The zero-order chi connectivity index (χ0) is 23.8. The molecule has 2 amide bonds. The van der Waals surface area contributed by atoms with Gasteiger partial charge in [0, 0.05) is 17.4 Å². The molecule has 3 aromatic rings. The maximum absolute atomic E-state index is 12.4. The number of nitrogens with one attached hydrogen (secondary N) is 2. The standard InChI is InChI=1S/C26H28N2O5/c1-17(2)19-10-8-18(9-11-19)16-33-24-13-12-21(15-23(24)25(29)32-4)28-26(30)27-20-6-5-7-22(14-20)31-3/h5-15,17H,16H2,1-4H3,(H2,27,28,30). The summed E-state index contributed by atoms with van der Waals surface area (Å²) in [6, 6.07) is 19.5. The van der Waals surface area contributed by atoms with E-state index in [-0.39, 0.29) is 5.56 Å². The Morgan fingerprint density at radius 3 is 2.21 bits per heavy atom. The lowest BCUT2D eigenvalue weighted by atomic mass is 10.0. The summed E-state index contributed by atoms with van der Waals surface area (Å²) in [5.41, 5.74) is 3.44. The van der Waals surface area contributed by atoms with Gasteiger partial charge >= 0.3 is 12.0 Å². The van der Waals surface area contributed by atoms with Crippen LogP contribution in [0.5, 0.6) is 11.5 Å². The molecule has 0 saturated heterocycles. The number of urea groups is 1. The Balaban J connectivity index is 1.70. The highest BCUT2D eigenvalue weighted by Crippen LogP contribution is 2.26. The first-order valence-electron chi connectivity index (χ1n) is 10.6. The van der Waals surface area contributed by atoms with Crippen LogP contribution < -0.4 is 20.1 Å². The van der Waals surface area contributed by atoms with E-state index in [9.17, 15) is 9.59 Å². The van der Waals surface area contributed by atoms with Crippen molar-refractivity contribution < 1.29 is 23.8 Å². The Bertz CT molecular complexity index is 1110. The third-order valence-electron chi connectivity index (χ3n) is 5.01. The minimum absolute atomic E-state index is 0.218. The van der Waals surface area contributed by atoms with E-state index in [0.29, 0.717) is 35.4 Å². The fourth-order valence-corrected chi connectivity index (χ4v) is 3.16. The monoisotopic (exact) mass is 448 g/mol. The third kappa shape index (κ3) is 6.49. The molecule has 0 unspecified atom stereocenters. The molecule has 0 saturated carbocycles. The van der Waals surface area contributed by atoms with Crippen LogP contribution in [0.25, 0.3) is 0 Å². The van der Waals surface area contributed by atoms with E-state index >= 15 is 0 Å². The number of ether oxygens (including phenoxy) is 3. The van der Waals surface area contributed by atoms with Gasteiger partial charge in [-0.15, -0.1) is 0 Å². The second kappa shape index (κ2) is 11.0. The smallest absolute Gasteiger partial charge is 0.341 e. The predicted octanol–water partition coefficient (Wildman–Crippen LogP) is 5.83. The van der Waals surface area contributed by atoms with Crippen molar-refractivity contribution in [3.8, 4) is 11.5 Å². The largest absolute Gasteiger partial charge is 0.497 e. The van der Waals surface area contributed by atoms with E-state index in [1.54, 1.807) is 43.5 Å². The predicted molar refractivity (Wildman–Crippen MR) is 128 cm³/mol. The second-order valence-corrected chi connectivity index (χ2v) is 7.70. The maximum atomic E-state index is 12.4. The van der Waals surface area contributed by atoms with Crippen molar-refractivity contribution in [3.05, 3.63) is 83.4 Å². The molecule has 0 heterocycles. The normalized spacial score (nSPS) is 10.5. The van der Waals surface area contributed by atoms with Crippen LogP contribution in [-0.4, -0.2) is 26.2 Å². The van der Waals surface area contributed by atoms with Gasteiger partial charge in [0.1, 0.15) is 23.7 Å². The van der Waals surface area contributed by atoms with Crippen LogP contribution in [0.2, 0.25) is 0 Å². The van der Waals surface area contributed by atoms with Gasteiger partial charge in [0.05, 0.1) is 14.2 Å². The van der Waals surface area contributed by atoms with Gasteiger partial charge in [0.15, 0.2) is 0 Å². The number of methoxy groups -OCH3 is 2. The summed E-state index contributed by atoms with van der Waals surface area (Å²) in [5.74, 6) is 0.888. The van der Waals surface area contributed by atoms with Gasteiger partial charge in [-0.05, 0) is 47.4 Å². The Kier molecular flexibility index (Phi) is 7.91. The van der Waals surface area contributed by atoms with Crippen molar-refractivity contribution in [2.24, 2.45) is 0 Å². The zero-order valence-electron chi connectivity index (χ0n) is 19.2. The molecule has 33 heavy (non-hydrogen) atoms. The number of anilines is 2. The Hall–Kier alpha value is -4.00. The van der Waals surface area contributed by atoms with Crippen LogP contribution in [0.3, 0.4) is 0 Å². The Morgan fingerprint density at radius 1 is 0.879 bits per heavy atom. The lowest BCUT2D eigenvalue weighted by Gasteiger charge is -2.14. The number of benzene rings is 3. The molecule has 3 rings (SSSR count). The Labute approximate surface area is 193 Å². The molecule has 0 bridgehead atoms. The van der Waals surface area contributed by atoms with Crippen molar-refractivity contribution in [2.75, 3.05) is 24.9 Å². The minimum Gasteiger partial charge on any atom is -0.497 e. The molecule has 3 aromatic carbocycles. The topological polar surface area (TPSA) is 85.9 Å². The van der Waals surface area contributed by atoms with Crippen LogP contribution in [0.1, 0.15) is 41.3 Å². The van der Waals surface area contributed by atoms with Gasteiger partial charge < -0.3 is 24.8 Å². The molecule has 0 fully saturated rings. The molecule has 0 radical (unpaired) electrons. The van der Waals surface area contributed by atoms with Gasteiger partial charge in [0.25, 0.3) is 0 Å². The van der Waals surface area contributed by atoms with Crippen molar-refractivity contribution in [2.45, 2.75) is 26.4 Å². The lowest BCUT2D eigenvalue weighted by molar-refractivity contribution is 0.0595. The van der Waals surface area contributed by atoms with Gasteiger partial charge in [-0.2, -0.15) is 0 Å². The minimum atomic E-state index is -0.558. The van der Waals surface area contributed by atoms with Crippen molar-refractivity contribution >= 4 is 23.4 Å². The van der Waals surface area contributed by atoms with Crippen LogP contribution in [-0.2, 0) is 11.3 Å². The number of esters is 1. The van der Waals surface area contributed by atoms with Crippen LogP contribution in [0, 0.1) is 0 Å². The van der Waals surface area contributed by atoms with E-state index in [1.807, 2.05) is 12.1 Å². The number of rotatable bonds is 8. The van der Waals surface area contributed by atoms with E-state index < -0.39 is 12.0 Å². The van der Waals surface area contributed by atoms with Gasteiger partial charge in [-0.1, -0.05) is 44.2 Å². The summed E-state index contributed by atoms with van der Waals surface area (Å²) in [5, 5.41) is 5.43. The lowest BCUT2D eigenvalue weighted by Crippen LogP contribution is -2.19. The summed E-state index contributed by atoms with van der Waals surface area (Å²) < 4.78 is 15.9. The summed E-state index contributed by atoms with van der Waals surface area (Å²) in [4.78, 5) is 24.7. The summed E-state index contributed by atoms with van der Waals surface area (Å²) >= 11 is 0. The van der Waals surface area contributed by atoms with Crippen LogP contribution in [0.15, 0.2) is 66.7 Å². The van der Waals surface area contributed by atoms with Crippen molar-refractivity contribution in [1.82, 2.24) is 0 Å². The molecule has 0 aliphatic heterocycles. The van der Waals surface area contributed by atoms with E-state index in [2.05, 4.69) is 36.6 Å². The molecule has 0 aliphatic rings. The van der Waals surface area contributed by atoms with Crippen molar-refractivity contribution in [3.63, 3.8) is 0 Å². The Morgan fingerprint density at radius 2 is 1.58 bits per heavy atom. The average molecular weight is 449 g/mol. The maximum Gasteiger partial charge on any atom is 0.341 e. The molecule has 172 valence electrons. The first-order valence-corrected chi connectivity index (χ1v) is 10.6. The molecule has 0 spiro atoms. The quantitative estimate of drug-likeness (QED) is 0.424. The zero-order valence-corrected chi connectivity index (χ0v) is 19.2. The molecule has 0 aromatic heterocycles. The SMILES string of the molecule is COC(=O)c1cc(NC(=O)Nc2cccc(OC)c2)ccc1OCc1ccc(C(C)C)cc1. The summed E-state index contributed by atoms with van der Waals surface area (Å²) in [6.45, 7) is 4.58. The highest BCUT2D eigenvalue weighted by Gasteiger charge is 2.16. The van der Waals surface area contributed by atoms with E-state index in [1.165, 1.54) is 18.7 Å². The van der Waals surface area contributed by atoms with Crippen LogP contribution in [0.4, 0.5) is 16.2 Å². The second-order valence-electron chi connectivity index (χ2n) is 7.70. The first-order chi connectivity index (χ1) is 15.9. The van der Waals surface area contributed by atoms with Gasteiger partial charge in [-0.3, -0.25) is 0 Å². The third-order valence-corrected chi connectivity index (χ3v) is 5.01. The number of hydrogen-bond donors (Lipinski definition) is 2. The molecular weight excluding hydrogens is 420 g/mol. The first kappa shape index (κ1) is 23.7. The molecule has 0 atom stereocenters. The number of carbonyl (C=O) groups excluding carboxylic acids is 2. The fourth-order valence-electron chi connectivity index (χ4n) is 3.16. The fraction of sp³-hybridized carbons (Fsp3) is 0.231. The molecule has 0 aliphatic carbocycles. The highest BCUT2D eigenvalue weighted by molar-refractivity contribution is 6.01. The number of hydrogen-bond acceptors (Lipinski definition) is 5. The summed E-state index contributed by atoms with van der Waals surface area (Å²) in [7, 11) is 2.85. The van der Waals surface area contributed by atoms with Crippen molar-refractivity contribution in [1.29, 1.82) is 0 Å². The van der Waals surface area contributed by atoms with Crippen LogP contribution >= 0.6 is 0 Å². The van der Waals surface area contributed by atoms with E-state index in [0.717, 1.165) is 5.56 Å². The molecule has 7 nitrogen and oxygen atoms in total. The average Bonchev–Trinajstić information content (AvgIpc) is 2.82. The highest BCUT2D eigenvalue weighted by atomic mass is 16.5.